The van der Waals surface area contributed by atoms with Crippen LogP contribution < -0.4 is 0 Å². The average molecular weight is 196 g/mol. The zero-order valence-electron chi connectivity index (χ0n) is 6.66. The van der Waals surface area contributed by atoms with E-state index < -0.39 is 4.92 Å². The lowest BCUT2D eigenvalue weighted by molar-refractivity contribution is -0.384. The molecule has 1 aromatic carbocycles. The molecule has 0 heterocycles. The maximum Gasteiger partial charge on any atom is 0.288 e. The lowest BCUT2D eigenvalue weighted by Gasteiger charge is -1.97. The molecule has 0 bridgehead atoms. The molecular formula is C9H6ClNO2. The largest absolute Gasteiger partial charge is 0.288 e. The van der Waals surface area contributed by atoms with Gasteiger partial charge < -0.3 is 0 Å². The second kappa shape index (κ2) is 3.92. The minimum Gasteiger partial charge on any atom is -0.258 e. The van der Waals surface area contributed by atoms with Crippen LogP contribution in [0.4, 0.5) is 5.69 Å². The van der Waals surface area contributed by atoms with Gasteiger partial charge in [0.05, 0.1) is 4.92 Å². The Kier molecular flexibility index (Phi) is 2.88. The second-order valence-corrected chi connectivity index (χ2v) is 2.83. The third kappa shape index (κ3) is 2.20. The molecule has 0 saturated heterocycles. The van der Waals surface area contributed by atoms with Crippen molar-refractivity contribution in [1.29, 1.82) is 0 Å². The second-order valence-electron chi connectivity index (χ2n) is 2.42. The monoisotopic (exact) mass is 195 g/mol. The van der Waals surface area contributed by atoms with Crippen LogP contribution in [0, 0.1) is 22.5 Å². The summed E-state index contributed by atoms with van der Waals surface area (Å²) < 4.78 is 0. The summed E-state index contributed by atoms with van der Waals surface area (Å²) in [5, 5.41) is 10.6. The van der Waals surface area contributed by atoms with Gasteiger partial charge in [0.2, 0.25) is 0 Å². The summed E-state index contributed by atoms with van der Waals surface area (Å²) in [5.41, 5.74) is 0.619. The van der Waals surface area contributed by atoms with Crippen molar-refractivity contribution in [1.82, 2.24) is 0 Å². The number of rotatable bonds is 2. The quantitative estimate of drug-likeness (QED) is 0.413. The third-order valence-electron chi connectivity index (χ3n) is 1.51. The van der Waals surface area contributed by atoms with Gasteiger partial charge in [0.15, 0.2) is 0 Å². The Morgan fingerprint density at radius 3 is 2.85 bits per heavy atom. The van der Waals surface area contributed by atoms with Crippen molar-refractivity contribution in [3.05, 3.63) is 38.9 Å². The maximum atomic E-state index is 10.4. The van der Waals surface area contributed by atoms with Crippen LogP contribution in [0.25, 0.3) is 0 Å². The SMILES string of the molecule is C#CCc1ccc(Cl)c([N+](=O)[O-])c1. The van der Waals surface area contributed by atoms with Gasteiger partial charge in [0.1, 0.15) is 5.02 Å². The highest BCUT2D eigenvalue weighted by molar-refractivity contribution is 6.32. The van der Waals surface area contributed by atoms with Gasteiger partial charge in [0.25, 0.3) is 5.69 Å². The number of hydrogen-bond acceptors (Lipinski definition) is 2. The van der Waals surface area contributed by atoms with Gasteiger partial charge in [-0.1, -0.05) is 17.7 Å². The molecule has 0 aromatic heterocycles. The fourth-order valence-corrected chi connectivity index (χ4v) is 1.11. The Morgan fingerprint density at radius 2 is 2.31 bits per heavy atom. The first kappa shape index (κ1) is 9.56. The Balaban J connectivity index is 3.13. The summed E-state index contributed by atoms with van der Waals surface area (Å²) in [4.78, 5) is 9.92. The van der Waals surface area contributed by atoms with E-state index in [-0.39, 0.29) is 10.7 Å². The molecule has 66 valence electrons. The van der Waals surface area contributed by atoms with E-state index >= 15 is 0 Å². The molecule has 0 fully saturated rings. The summed E-state index contributed by atoms with van der Waals surface area (Å²) in [6.07, 6.45) is 5.44. The molecule has 13 heavy (non-hydrogen) atoms. The number of halogens is 1. The van der Waals surface area contributed by atoms with Gasteiger partial charge >= 0.3 is 0 Å². The lowest BCUT2D eigenvalue weighted by atomic mass is 10.1. The highest BCUT2D eigenvalue weighted by Gasteiger charge is 2.11. The standard InChI is InChI=1S/C9H6ClNO2/c1-2-3-7-4-5-8(10)9(6-7)11(12)13/h1,4-6H,3H2. The first-order chi connectivity index (χ1) is 6.15. The minimum atomic E-state index is -0.525. The Labute approximate surface area is 80.5 Å². The van der Waals surface area contributed by atoms with E-state index in [1.807, 2.05) is 0 Å². The van der Waals surface area contributed by atoms with Crippen molar-refractivity contribution < 1.29 is 4.92 Å². The smallest absolute Gasteiger partial charge is 0.258 e. The van der Waals surface area contributed by atoms with E-state index in [1.54, 1.807) is 6.07 Å². The van der Waals surface area contributed by atoms with Gasteiger partial charge in [-0.15, -0.1) is 12.3 Å². The fourth-order valence-electron chi connectivity index (χ4n) is 0.926. The number of nitrogens with zero attached hydrogens (tertiary/aromatic N) is 1. The van der Waals surface area contributed by atoms with Crippen molar-refractivity contribution in [2.45, 2.75) is 6.42 Å². The van der Waals surface area contributed by atoms with Crippen molar-refractivity contribution in [2.75, 3.05) is 0 Å². The molecular weight excluding hydrogens is 190 g/mol. The average Bonchev–Trinajstić information content (AvgIpc) is 2.08. The van der Waals surface area contributed by atoms with Gasteiger partial charge in [-0.2, -0.15) is 0 Å². The van der Waals surface area contributed by atoms with Crippen LogP contribution in [-0.2, 0) is 6.42 Å². The van der Waals surface area contributed by atoms with Crippen LogP contribution in [0.1, 0.15) is 5.56 Å². The van der Waals surface area contributed by atoms with E-state index in [9.17, 15) is 10.1 Å². The van der Waals surface area contributed by atoms with Gasteiger partial charge in [0, 0.05) is 12.5 Å². The lowest BCUT2D eigenvalue weighted by Crippen LogP contribution is -1.91. The topological polar surface area (TPSA) is 43.1 Å². The molecule has 1 aromatic rings. The predicted octanol–water partition coefficient (Wildman–Crippen LogP) is 2.42. The van der Waals surface area contributed by atoms with Crippen molar-refractivity contribution in [3.63, 3.8) is 0 Å². The summed E-state index contributed by atoms with van der Waals surface area (Å²) in [5.74, 6) is 2.40. The van der Waals surface area contributed by atoms with Gasteiger partial charge in [-0.05, 0) is 11.6 Å². The molecule has 0 amide bonds. The normalized spacial score (nSPS) is 9.23. The van der Waals surface area contributed by atoms with Crippen LogP contribution in [0.3, 0.4) is 0 Å². The summed E-state index contributed by atoms with van der Waals surface area (Å²) >= 11 is 5.60. The molecule has 0 aliphatic heterocycles. The molecule has 0 N–H and O–H groups in total. The van der Waals surface area contributed by atoms with E-state index in [2.05, 4.69) is 5.92 Å². The van der Waals surface area contributed by atoms with Crippen LogP contribution in [0.15, 0.2) is 18.2 Å². The molecule has 0 unspecified atom stereocenters. The number of nitro groups is 1. The highest BCUT2D eigenvalue weighted by Crippen LogP contribution is 2.24. The Morgan fingerprint density at radius 1 is 1.62 bits per heavy atom. The summed E-state index contributed by atoms with van der Waals surface area (Å²) in [6, 6.07) is 4.55. The fraction of sp³-hybridized carbons (Fsp3) is 0.111. The maximum absolute atomic E-state index is 10.4. The molecule has 0 radical (unpaired) electrons. The number of hydrogen-bond donors (Lipinski definition) is 0. The van der Waals surface area contributed by atoms with Crippen LogP contribution >= 0.6 is 11.6 Å². The first-order valence-electron chi connectivity index (χ1n) is 3.51. The van der Waals surface area contributed by atoms with E-state index in [4.69, 9.17) is 18.0 Å². The molecule has 1 rings (SSSR count). The highest BCUT2D eigenvalue weighted by atomic mass is 35.5. The van der Waals surface area contributed by atoms with Gasteiger partial charge in [-0.25, -0.2) is 0 Å². The molecule has 0 spiro atoms. The van der Waals surface area contributed by atoms with Crippen LogP contribution in [0.5, 0.6) is 0 Å². The van der Waals surface area contributed by atoms with Crippen LogP contribution in [-0.4, -0.2) is 4.92 Å². The summed E-state index contributed by atoms with van der Waals surface area (Å²) in [7, 11) is 0. The first-order valence-corrected chi connectivity index (χ1v) is 3.89. The van der Waals surface area contributed by atoms with Crippen molar-refractivity contribution in [3.8, 4) is 12.3 Å². The molecule has 3 nitrogen and oxygen atoms in total. The number of terminal acetylenes is 1. The zero-order chi connectivity index (χ0) is 9.84. The van der Waals surface area contributed by atoms with Gasteiger partial charge in [-0.3, -0.25) is 10.1 Å². The molecule has 0 atom stereocenters. The predicted molar refractivity (Wildman–Crippen MR) is 50.6 cm³/mol. The molecule has 0 saturated carbocycles. The van der Waals surface area contributed by atoms with Crippen molar-refractivity contribution >= 4 is 17.3 Å². The Hall–Kier alpha value is -1.53. The van der Waals surface area contributed by atoms with Crippen LogP contribution in [0.2, 0.25) is 5.02 Å². The molecule has 4 heteroatoms. The van der Waals surface area contributed by atoms with E-state index in [0.717, 1.165) is 5.56 Å². The minimum absolute atomic E-state index is 0.102. The molecule has 0 aliphatic carbocycles. The van der Waals surface area contributed by atoms with Crippen molar-refractivity contribution in [2.24, 2.45) is 0 Å². The third-order valence-corrected chi connectivity index (χ3v) is 1.83. The Bertz CT molecular complexity index is 382. The zero-order valence-corrected chi connectivity index (χ0v) is 7.41. The molecule has 0 aliphatic rings. The number of nitro benzene ring substituents is 1. The number of benzene rings is 1. The van der Waals surface area contributed by atoms with E-state index in [0.29, 0.717) is 6.42 Å². The summed E-state index contributed by atoms with van der Waals surface area (Å²) in [6.45, 7) is 0. The van der Waals surface area contributed by atoms with E-state index in [1.165, 1.54) is 12.1 Å².